The SMILES string of the molecule is CCc1nc2c(N)nc3ccccc3c2n1CC(C)(C)C. The molecule has 3 aromatic rings. The smallest absolute Gasteiger partial charge is 0.152 e. The highest BCUT2D eigenvalue weighted by atomic mass is 15.1. The number of benzene rings is 1. The lowest BCUT2D eigenvalue weighted by molar-refractivity contribution is 0.343. The number of nitrogen functional groups attached to an aromatic ring is 1. The molecular weight excluding hydrogens is 260 g/mol. The summed E-state index contributed by atoms with van der Waals surface area (Å²) in [5.41, 5.74) is 9.19. The number of fused-ring (bicyclic) bond motifs is 3. The molecule has 0 bridgehead atoms. The van der Waals surface area contributed by atoms with Gasteiger partial charge >= 0.3 is 0 Å². The third kappa shape index (κ3) is 2.35. The summed E-state index contributed by atoms with van der Waals surface area (Å²) in [6, 6.07) is 8.14. The fourth-order valence-electron chi connectivity index (χ4n) is 2.82. The molecule has 0 aliphatic rings. The maximum Gasteiger partial charge on any atom is 0.152 e. The van der Waals surface area contributed by atoms with Crippen LogP contribution in [0.1, 0.15) is 33.5 Å². The van der Waals surface area contributed by atoms with E-state index < -0.39 is 0 Å². The molecular formula is C17H22N4. The van der Waals surface area contributed by atoms with Gasteiger partial charge in [0, 0.05) is 18.4 Å². The number of aromatic nitrogens is 3. The third-order valence-corrected chi connectivity index (χ3v) is 3.64. The Labute approximate surface area is 125 Å². The van der Waals surface area contributed by atoms with Crippen molar-refractivity contribution in [3.63, 3.8) is 0 Å². The standard InChI is InChI=1S/C17H22N4/c1-5-13-20-14-15(21(13)10-17(2,3)4)11-8-6-7-9-12(11)19-16(14)18/h6-9H,5,10H2,1-4H3,(H2,18,19). The van der Waals surface area contributed by atoms with E-state index in [1.807, 2.05) is 18.2 Å². The molecule has 0 saturated heterocycles. The van der Waals surface area contributed by atoms with E-state index in [4.69, 9.17) is 10.7 Å². The van der Waals surface area contributed by atoms with Gasteiger partial charge in [-0.1, -0.05) is 45.9 Å². The molecule has 110 valence electrons. The van der Waals surface area contributed by atoms with Gasteiger partial charge in [0.05, 0.1) is 11.0 Å². The van der Waals surface area contributed by atoms with E-state index in [0.29, 0.717) is 5.82 Å². The first-order valence-electron chi connectivity index (χ1n) is 7.44. The average molecular weight is 282 g/mol. The van der Waals surface area contributed by atoms with Crippen LogP contribution in [0.5, 0.6) is 0 Å². The zero-order chi connectivity index (χ0) is 15.2. The summed E-state index contributed by atoms with van der Waals surface area (Å²) in [6.45, 7) is 9.77. The van der Waals surface area contributed by atoms with Gasteiger partial charge in [-0.05, 0) is 11.5 Å². The number of pyridine rings is 1. The number of hydrogen-bond donors (Lipinski definition) is 1. The lowest BCUT2D eigenvalue weighted by Crippen LogP contribution is -2.17. The molecule has 4 heteroatoms. The van der Waals surface area contributed by atoms with E-state index in [-0.39, 0.29) is 5.41 Å². The first-order chi connectivity index (χ1) is 9.90. The molecule has 0 atom stereocenters. The minimum absolute atomic E-state index is 0.177. The van der Waals surface area contributed by atoms with E-state index in [0.717, 1.165) is 40.7 Å². The summed E-state index contributed by atoms with van der Waals surface area (Å²) in [7, 11) is 0. The van der Waals surface area contributed by atoms with Crippen molar-refractivity contribution >= 4 is 27.8 Å². The van der Waals surface area contributed by atoms with E-state index in [1.54, 1.807) is 0 Å². The molecule has 3 rings (SSSR count). The second-order valence-electron chi connectivity index (χ2n) is 6.74. The first kappa shape index (κ1) is 13.9. The van der Waals surface area contributed by atoms with Crippen LogP contribution in [0.3, 0.4) is 0 Å². The molecule has 0 aliphatic carbocycles. The van der Waals surface area contributed by atoms with Crippen LogP contribution in [-0.4, -0.2) is 14.5 Å². The van der Waals surface area contributed by atoms with Gasteiger partial charge in [-0.3, -0.25) is 0 Å². The number of nitrogens with zero attached hydrogens (tertiary/aromatic N) is 3. The van der Waals surface area contributed by atoms with Crippen molar-refractivity contribution in [3.05, 3.63) is 30.1 Å². The topological polar surface area (TPSA) is 56.7 Å². The Morgan fingerprint density at radius 1 is 1.14 bits per heavy atom. The second kappa shape index (κ2) is 4.72. The zero-order valence-electron chi connectivity index (χ0n) is 13.1. The number of aryl methyl sites for hydroxylation is 1. The van der Waals surface area contributed by atoms with Crippen LogP contribution in [0.15, 0.2) is 24.3 Å². The van der Waals surface area contributed by atoms with E-state index in [9.17, 15) is 0 Å². The number of imidazole rings is 1. The quantitative estimate of drug-likeness (QED) is 0.778. The largest absolute Gasteiger partial charge is 0.382 e. The van der Waals surface area contributed by atoms with E-state index >= 15 is 0 Å². The summed E-state index contributed by atoms with van der Waals surface area (Å²) >= 11 is 0. The van der Waals surface area contributed by atoms with Crippen molar-refractivity contribution in [2.45, 2.75) is 40.7 Å². The predicted octanol–water partition coefficient (Wildman–Crippen LogP) is 3.78. The molecule has 0 aliphatic heterocycles. The Morgan fingerprint density at radius 3 is 2.52 bits per heavy atom. The Balaban J connectivity index is 2.43. The van der Waals surface area contributed by atoms with Crippen molar-refractivity contribution in [1.29, 1.82) is 0 Å². The van der Waals surface area contributed by atoms with Crippen LogP contribution in [0.4, 0.5) is 5.82 Å². The minimum atomic E-state index is 0.177. The molecule has 0 radical (unpaired) electrons. The third-order valence-electron chi connectivity index (χ3n) is 3.64. The molecule has 2 heterocycles. The lowest BCUT2D eigenvalue weighted by Gasteiger charge is -2.21. The van der Waals surface area contributed by atoms with Crippen molar-refractivity contribution in [2.75, 3.05) is 5.73 Å². The maximum absolute atomic E-state index is 6.14. The Morgan fingerprint density at radius 2 is 1.86 bits per heavy atom. The molecule has 21 heavy (non-hydrogen) atoms. The highest BCUT2D eigenvalue weighted by Crippen LogP contribution is 2.31. The highest BCUT2D eigenvalue weighted by Gasteiger charge is 2.20. The van der Waals surface area contributed by atoms with Gasteiger partial charge < -0.3 is 10.3 Å². The number of para-hydroxylation sites is 1. The number of nitrogens with two attached hydrogens (primary N) is 1. The summed E-state index contributed by atoms with van der Waals surface area (Å²) in [5.74, 6) is 1.59. The molecule has 2 N–H and O–H groups in total. The van der Waals surface area contributed by atoms with Crippen molar-refractivity contribution in [1.82, 2.24) is 14.5 Å². The predicted molar refractivity (Wildman–Crippen MR) is 88.3 cm³/mol. The monoisotopic (exact) mass is 282 g/mol. The van der Waals surface area contributed by atoms with E-state index in [2.05, 4.69) is 43.3 Å². The minimum Gasteiger partial charge on any atom is -0.382 e. The fourth-order valence-corrected chi connectivity index (χ4v) is 2.82. The molecule has 2 aromatic heterocycles. The van der Waals surface area contributed by atoms with Crippen LogP contribution in [-0.2, 0) is 13.0 Å². The second-order valence-corrected chi connectivity index (χ2v) is 6.74. The summed E-state index contributed by atoms with van der Waals surface area (Å²) in [4.78, 5) is 9.23. The summed E-state index contributed by atoms with van der Waals surface area (Å²) in [5, 5.41) is 1.12. The molecule has 4 nitrogen and oxygen atoms in total. The van der Waals surface area contributed by atoms with Gasteiger partial charge in [0.15, 0.2) is 5.82 Å². The molecule has 0 amide bonds. The molecule has 0 fully saturated rings. The molecule has 0 unspecified atom stereocenters. The van der Waals surface area contributed by atoms with Crippen LogP contribution in [0.25, 0.3) is 21.9 Å². The van der Waals surface area contributed by atoms with Crippen molar-refractivity contribution in [3.8, 4) is 0 Å². The van der Waals surface area contributed by atoms with Gasteiger partial charge in [-0.2, -0.15) is 0 Å². The van der Waals surface area contributed by atoms with Crippen molar-refractivity contribution in [2.24, 2.45) is 5.41 Å². The average Bonchev–Trinajstić information content (AvgIpc) is 2.76. The normalized spacial score (nSPS) is 12.4. The van der Waals surface area contributed by atoms with E-state index in [1.165, 1.54) is 0 Å². The number of rotatable bonds is 2. The van der Waals surface area contributed by atoms with Crippen LogP contribution in [0.2, 0.25) is 0 Å². The van der Waals surface area contributed by atoms with Gasteiger partial charge in [0.1, 0.15) is 11.3 Å². The van der Waals surface area contributed by atoms with Gasteiger partial charge in [-0.25, -0.2) is 9.97 Å². The first-order valence-corrected chi connectivity index (χ1v) is 7.44. The number of anilines is 1. The number of hydrogen-bond acceptors (Lipinski definition) is 3. The van der Waals surface area contributed by atoms with Gasteiger partial charge in [0.25, 0.3) is 0 Å². The Hall–Kier alpha value is -2.10. The summed E-state index contributed by atoms with van der Waals surface area (Å²) < 4.78 is 2.32. The van der Waals surface area contributed by atoms with Crippen molar-refractivity contribution < 1.29 is 0 Å². The van der Waals surface area contributed by atoms with Gasteiger partial charge in [0.2, 0.25) is 0 Å². The molecule has 1 aromatic carbocycles. The van der Waals surface area contributed by atoms with Crippen LogP contribution >= 0.6 is 0 Å². The lowest BCUT2D eigenvalue weighted by atomic mass is 9.96. The van der Waals surface area contributed by atoms with Gasteiger partial charge in [-0.15, -0.1) is 0 Å². The zero-order valence-corrected chi connectivity index (χ0v) is 13.1. The van der Waals surface area contributed by atoms with Crippen LogP contribution < -0.4 is 5.73 Å². The Bertz CT molecular complexity index is 809. The maximum atomic E-state index is 6.14. The Kier molecular flexibility index (Phi) is 3.12. The molecule has 0 spiro atoms. The summed E-state index contributed by atoms with van der Waals surface area (Å²) in [6.07, 6.45) is 0.887. The highest BCUT2D eigenvalue weighted by molar-refractivity contribution is 6.06. The molecule has 0 saturated carbocycles. The fraction of sp³-hybridized carbons (Fsp3) is 0.412. The van der Waals surface area contributed by atoms with Crippen LogP contribution in [0, 0.1) is 5.41 Å².